The van der Waals surface area contributed by atoms with Gasteiger partial charge in [0.15, 0.2) is 5.78 Å². The van der Waals surface area contributed by atoms with Crippen molar-refractivity contribution in [2.75, 3.05) is 6.61 Å². The largest absolute Gasteiger partial charge is 0.493 e. The molecule has 0 spiro atoms. The first kappa shape index (κ1) is 13.1. The number of hydrogen-bond donors (Lipinski definition) is 0. The van der Waals surface area contributed by atoms with Crippen LogP contribution in [0, 0.1) is 12.3 Å². The summed E-state index contributed by atoms with van der Waals surface area (Å²) in [6.07, 6.45) is 4.34. The smallest absolute Gasteiger partial charge is 0.172 e. The highest BCUT2D eigenvalue weighted by atomic mass is 16.5. The normalized spacial score (nSPS) is 17.7. The van der Waals surface area contributed by atoms with Crippen LogP contribution in [0.3, 0.4) is 0 Å². The number of benzene rings is 1. The third kappa shape index (κ3) is 2.43. The molecule has 2 rings (SSSR count). The molecule has 1 saturated carbocycles. The lowest BCUT2D eigenvalue weighted by Gasteiger charge is -2.23. The zero-order valence-corrected chi connectivity index (χ0v) is 11.6. The Morgan fingerprint density at radius 1 is 1.33 bits per heavy atom. The number of rotatable bonds is 4. The molecule has 0 atom stereocenters. The van der Waals surface area contributed by atoms with Gasteiger partial charge in [-0.05, 0) is 38.8 Å². The van der Waals surface area contributed by atoms with Crippen LogP contribution in [-0.2, 0) is 0 Å². The SMILES string of the molecule is CCOc1ccc(C)cc1C(=O)C1(C)CCCC1. The highest BCUT2D eigenvalue weighted by Crippen LogP contribution is 2.41. The first-order valence-corrected chi connectivity index (χ1v) is 6.85. The van der Waals surface area contributed by atoms with Crippen LogP contribution in [0.4, 0.5) is 0 Å². The second-order valence-electron chi connectivity index (χ2n) is 5.53. The maximum absolute atomic E-state index is 12.7. The number of carbonyl (C=O) groups is 1. The minimum Gasteiger partial charge on any atom is -0.493 e. The van der Waals surface area contributed by atoms with Crippen molar-refractivity contribution < 1.29 is 9.53 Å². The van der Waals surface area contributed by atoms with Crippen molar-refractivity contribution in [1.82, 2.24) is 0 Å². The van der Waals surface area contributed by atoms with Crippen molar-refractivity contribution in [2.45, 2.75) is 46.5 Å². The molecule has 0 N–H and O–H groups in total. The highest BCUT2D eigenvalue weighted by Gasteiger charge is 2.37. The van der Waals surface area contributed by atoms with Gasteiger partial charge in [0, 0.05) is 5.41 Å². The van der Waals surface area contributed by atoms with Crippen LogP contribution in [0.2, 0.25) is 0 Å². The molecule has 98 valence electrons. The fourth-order valence-corrected chi connectivity index (χ4v) is 2.81. The average molecular weight is 246 g/mol. The topological polar surface area (TPSA) is 26.3 Å². The monoisotopic (exact) mass is 246 g/mol. The molecule has 0 heterocycles. The van der Waals surface area contributed by atoms with E-state index in [0.29, 0.717) is 6.61 Å². The van der Waals surface area contributed by atoms with Crippen molar-refractivity contribution in [3.63, 3.8) is 0 Å². The van der Waals surface area contributed by atoms with Gasteiger partial charge in [-0.1, -0.05) is 31.4 Å². The molecule has 2 heteroatoms. The molecular weight excluding hydrogens is 224 g/mol. The predicted molar refractivity (Wildman–Crippen MR) is 73.3 cm³/mol. The summed E-state index contributed by atoms with van der Waals surface area (Å²) in [7, 11) is 0. The van der Waals surface area contributed by atoms with Crippen LogP contribution in [0.5, 0.6) is 5.75 Å². The summed E-state index contributed by atoms with van der Waals surface area (Å²) in [5.41, 5.74) is 1.70. The van der Waals surface area contributed by atoms with E-state index >= 15 is 0 Å². The summed E-state index contributed by atoms with van der Waals surface area (Å²) in [6, 6.07) is 5.89. The van der Waals surface area contributed by atoms with E-state index in [-0.39, 0.29) is 11.2 Å². The second-order valence-corrected chi connectivity index (χ2v) is 5.53. The molecule has 0 aliphatic heterocycles. The van der Waals surface area contributed by atoms with E-state index in [4.69, 9.17) is 4.74 Å². The van der Waals surface area contributed by atoms with Gasteiger partial charge in [-0.25, -0.2) is 0 Å². The Hall–Kier alpha value is -1.31. The molecule has 1 aliphatic carbocycles. The summed E-state index contributed by atoms with van der Waals surface area (Å²) >= 11 is 0. The van der Waals surface area contributed by atoms with Gasteiger partial charge >= 0.3 is 0 Å². The molecule has 18 heavy (non-hydrogen) atoms. The van der Waals surface area contributed by atoms with Crippen LogP contribution in [0.15, 0.2) is 18.2 Å². The van der Waals surface area contributed by atoms with Crippen LogP contribution >= 0.6 is 0 Å². The van der Waals surface area contributed by atoms with E-state index in [2.05, 4.69) is 6.92 Å². The molecule has 1 aromatic carbocycles. The van der Waals surface area contributed by atoms with Gasteiger partial charge in [-0.2, -0.15) is 0 Å². The standard InChI is InChI=1S/C16H22O2/c1-4-18-14-8-7-12(2)11-13(14)15(17)16(3)9-5-6-10-16/h7-8,11H,4-6,9-10H2,1-3H3. The molecule has 0 amide bonds. The molecule has 2 nitrogen and oxygen atoms in total. The summed E-state index contributed by atoms with van der Waals surface area (Å²) in [5.74, 6) is 0.994. The molecule has 0 unspecified atom stereocenters. The van der Waals surface area contributed by atoms with Gasteiger partial charge in [0.1, 0.15) is 5.75 Å². The van der Waals surface area contributed by atoms with Crippen molar-refractivity contribution in [1.29, 1.82) is 0 Å². The fourth-order valence-electron chi connectivity index (χ4n) is 2.81. The van der Waals surface area contributed by atoms with Crippen molar-refractivity contribution >= 4 is 5.78 Å². The van der Waals surface area contributed by atoms with Gasteiger partial charge in [0.2, 0.25) is 0 Å². The number of hydrogen-bond acceptors (Lipinski definition) is 2. The fraction of sp³-hybridized carbons (Fsp3) is 0.562. The number of aryl methyl sites for hydroxylation is 1. The lowest BCUT2D eigenvalue weighted by atomic mass is 9.80. The number of carbonyl (C=O) groups excluding carboxylic acids is 1. The van der Waals surface area contributed by atoms with Crippen LogP contribution in [0.25, 0.3) is 0 Å². The van der Waals surface area contributed by atoms with Crippen molar-refractivity contribution in [3.8, 4) is 5.75 Å². The number of Topliss-reactive ketones (excluding diaryl/α,β-unsaturated/α-hetero) is 1. The molecule has 1 aliphatic rings. The molecule has 0 bridgehead atoms. The van der Waals surface area contributed by atoms with Gasteiger partial charge in [0.25, 0.3) is 0 Å². The minimum absolute atomic E-state index is 0.181. The Bertz CT molecular complexity index is 442. The quantitative estimate of drug-likeness (QED) is 0.746. The molecular formula is C16H22O2. The van der Waals surface area contributed by atoms with E-state index in [9.17, 15) is 4.79 Å². The summed E-state index contributed by atoms with van der Waals surface area (Å²) in [4.78, 5) is 12.7. The third-order valence-corrected chi connectivity index (χ3v) is 3.93. The average Bonchev–Trinajstić information content (AvgIpc) is 2.79. The van der Waals surface area contributed by atoms with Crippen LogP contribution in [0.1, 0.15) is 55.5 Å². The zero-order valence-electron chi connectivity index (χ0n) is 11.6. The summed E-state index contributed by atoms with van der Waals surface area (Å²) in [5, 5.41) is 0. The Labute approximate surface area is 109 Å². The Morgan fingerprint density at radius 3 is 2.61 bits per heavy atom. The molecule has 0 radical (unpaired) electrons. The second kappa shape index (κ2) is 5.13. The zero-order chi connectivity index (χ0) is 13.2. The van der Waals surface area contributed by atoms with Gasteiger partial charge in [-0.15, -0.1) is 0 Å². The minimum atomic E-state index is -0.181. The Balaban J connectivity index is 2.36. The van der Waals surface area contributed by atoms with E-state index in [1.54, 1.807) is 0 Å². The molecule has 0 saturated heterocycles. The lowest BCUT2D eigenvalue weighted by Crippen LogP contribution is -2.25. The van der Waals surface area contributed by atoms with Gasteiger partial charge < -0.3 is 4.74 Å². The Morgan fingerprint density at radius 2 is 2.00 bits per heavy atom. The van der Waals surface area contributed by atoms with E-state index in [1.165, 1.54) is 0 Å². The highest BCUT2D eigenvalue weighted by molar-refractivity contribution is 6.02. The van der Waals surface area contributed by atoms with E-state index < -0.39 is 0 Å². The van der Waals surface area contributed by atoms with E-state index in [0.717, 1.165) is 42.6 Å². The van der Waals surface area contributed by atoms with Crippen LogP contribution in [-0.4, -0.2) is 12.4 Å². The lowest BCUT2D eigenvalue weighted by molar-refractivity contribution is 0.0819. The molecule has 0 aromatic heterocycles. The van der Waals surface area contributed by atoms with Gasteiger partial charge in [-0.3, -0.25) is 4.79 Å². The molecule has 1 fully saturated rings. The number of ketones is 1. The third-order valence-electron chi connectivity index (χ3n) is 3.93. The van der Waals surface area contributed by atoms with Crippen molar-refractivity contribution in [2.24, 2.45) is 5.41 Å². The van der Waals surface area contributed by atoms with Gasteiger partial charge in [0.05, 0.1) is 12.2 Å². The van der Waals surface area contributed by atoms with Crippen molar-refractivity contribution in [3.05, 3.63) is 29.3 Å². The summed E-state index contributed by atoms with van der Waals surface area (Å²) < 4.78 is 5.60. The molecule has 1 aromatic rings. The van der Waals surface area contributed by atoms with Crippen LogP contribution < -0.4 is 4.74 Å². The first-order chi connectivity index (χ1) is 8.57. The maximum Gasteiger partial charge on any atom is 0.172 e. The predicted octanol–water partition coefficient (Wildman–Crippen LogP) is 4.16. The number of ether oxygens (including phenoxy) is 1. The first-order valence-electron chi connectivity index (χ1n) is 6.85. The Kier molecular flexibility index (Phi) is 3.74. The maximum atomic E-state index is 12.7. The summed E-state index contributed by atoms with van der Waals surface area (Å²) in [6.45, 7) is 6.66. The van der Waals surface area contributed by atoms with E-state index in [1.807, 2.05) is 32.0 Å².